The molecule has 0 bridgehead atoms. The standard InChI is InChI=1S/C16H18FN5O/c1-15(2,22-12-19-10-20-22)16(23,9-21-8-7-18-11-21)13-3-5-14(17)6-4-13/h3-8,10-12,23H,9H2,1-2H3. The molecular formula is C16H18FN5O. The molecule has 3 rings (SSSR count). The Bertz CT molecular complexity index is 752. The second kappa shape index (κ2) is 5.58. The van der Waals surface area contributed by atoms with Gasteiger partial charge in [0.05, 0.1) is 18.4 Å². The number of imidazole rings is 1. The van der Waals surface area contributed by atoms with Gasteiger partial charge in [-0.25, -0.2) is 19.0 Å². The van der Waals surface area contributed by atoms with E-state index in [4.69, 9.17) is 0 Å². The van der Waals surface area contributed by atoms with Gasteiger partial charge in [0.15, 0.2) is 0 Å². The molecule has 120 valence electrons. The van der Waals surface area contributed by atoms with E-state index in [-0.39, 0.29) is 12.4 Å². The fourth-order valence-corrected chi connectivity index (χ4v) is 2.69. The summed E-state index contributed by atoms with van der Waals surface area (Å²) in [5.74, 6) is -0.350. The molecule has 3 aromatic rings. The molecule has 2 heterocycles. The molecule has 0 amide bonds. The van der Waals surface area contributed by atoms with Crippen molar-refractivity contribution in [3.05, 3.63) is 67.0 Å². The Morgan fingerprint density at radius 3 is 2.43 bits per heavy atom. The molecule has 0 fully saturated rings. The summed E-state index contributed by atoms with van der Waals surface area (Å²) < 4.78 is 16.7. The molecule has 0 saturated carbocycles. The van der Waals surface area contributed by atoms with Crippen LogP contribution in [0, 0.1) is 5.82 Å². The van der Waals surface area contributed by atoms with Crippen LogP contribution in [0.2, 0.25) is 0 Å². The molecule has 23 heavy (non-hydrogen) atoms. The van der Waals surface area contributed by atoms with Crippen LogP contribution in [0.5, 0.6) is 0 Å². The van der Waals surface area contributed by atoms with Crippen molar-refractivity contribution in [2.24, 2.45) is 0 Å². The van der Waals surface area contributed by atoms with Crippen LogP contribution in [-0.4, -0.2) is 29.4 Å². The van der Waals surface area contributed by atoms with E-state index in [1.165, 1.54) is 18.5 Å². The van der Waals surface area contributed by atoms with Crippen molar-refractivity contribution >= 4 is 0 Å². The zero-order valence-electron chi connectivity index (χ0n) is 13.0. The molecule has 0 spiro atoms. The first kappa shape index (κ1) is 15.4. The minimum absolute atomic E-state index is 0.242. The lowest BCUT2D eigenvalue weighted by atomic mass is 9.77. The average molecular weight is 315 g/mol. The number of halogens is 1. The van der Waals surface area contributed by atoms with E-state index >= 15 is 0 Å². The summed E-state index contributed by atoms with van der Waals surface area (Å²) >= 11 is 0. The van der Waals surface area contributed by atoms with E-state index in [9.17, 15) is 9.50 Å². The molecule has 0 aliphatic carbocycles. The van der Waals surface area contributed by atoms with Crippen LogP contribution in [0.1, 0.15) is 19.4 Å². The third-order valence-electron chi connectivity index (χ3n) is 4.30. The smallest absolute Gasteiger partial charge is 0.137 e. The summed E-state index contributed by atoms with van der Waals surface area (Å²) in [5.41, 5.74) is -1.59. The number of hydrogen-bond donors (Lipinski definition) is 1. The Hall–Kier alpha value is -2.54. The Balaban J connectivity index is 2.11. The Kier molecular flexibility index (Phi) is 3.73. The highest BCUT2D eigenvalue weighted by Crippen LogP contribution is 2.39. The maximum atomic E-state index is 13.3. The van der Waals surface area contributed by atoms with Gasteiger partial charge in [-0.15, -0.1) is 0 Å². The first-order chi connectivity index (χ1) is 10.9. The maximum Gasteiger partial charge on any atom is 0.137 e. The summed E-state index contributed by atoms with van der Waals surface area (Å²) in [5, 5.41) is 15.8. The topological polar surface area (TPSA) is 68.8 Å². The molecule has 2 aromatic heterocycles. The third kappa shape index (κ3) is 2.63. The number of aliphatic hydroxyl groups is 1. The van der Waals surface area contributed by atoms with Gasteiger partial charge >= 0.3 is 0 Å². The minimum Gasteiger partial charge on any atom is -0.381 e. The van der Waals surface area contributed by atoms with Gasteiger partial charge in [0.2, 0.25) is 0 Å². The van der Waals surface area contributed by atoms with Gasteiger partial charge in [-0.1, -0.05) is 12.1 Å². The highest BCUT2D eigenvalue weighted by atomic mass is 19.1. The third-order valence-corrected chi connectivity index (χ3v) is 4.30. The molecule has 0 saturated heterocycles. The summed E-state index contributed by atoms with van der Waals surface area (Å²) in [6, 6.07) is 5.85. The van der Waals surface area contributed by atoms with Gasteiger partial charge in [0.1, 0.15) is 24.1 Å². The summed E-state index contributed by atoms with van der Waals surface area (Å²) in [6.45, 7) is 3.97. The summed E-state index contributed by atoms with van der Waals surface area (Å²) in [6.07, 6.45) is 8.03. The van der Waals surface area contributed by atoms with E-state index in [0.717, 1.165) is 0 Å². The van der Waals surface area contributed by atoms with Crippen molar-refractivity contribution in [3.63, 3.8) is 0 Å². The summed E-state index contributed by atoms with van der Waals surface area (Å²) in [4.78, 5) is 7.98. The second-order valence-electron chi connectivity index (χ2n) is 6.00. The highest BCUT2D eigenvalue weighted by molar-refractivity contribution is 5.26. The molecule has 6 nitrogen and oxygen atoms in total. The molecule has 1 unspecified atom stereocenters. The quantitative estimate of drug-likeness (QED) is 0.781. The van der Waals surface area contributed by atoms with E-state index in [1.54, 1.807) is 46.4 Å². The van der Waals surface area contributed by atoms with Crippen LogP contribution in [0.25, 0.3) is 0 Å². The van der Waals surface area contributed by atoms with E-state index in [1.807, 2.05) is 13.8 Å². The van der Waals surface area contributed by atoms with Crippen LogP contribution >= 0.6 is 0 Å². The van der Waals surface area contributed by atoms with E-state index in [2.05, 4.69) is 15.1 Å². The van der Waals surface area contributed by atoms with Crippen molar-refractivity contribution in [3.8, 4) is 0 Å². The predicted octanol–water partition coefficient (Wildman–Crippen LogP) is 1.94. The van der Waals surface area contributed by atoms with Crippen LogP contribution in [0.15, 0.2) is 55.6 Å². The van der Waals surface area contributed by atoms with E-state index in [0.29, 0.717) is 5.56 Å². The van der Waals surface area contributed by atoms with Gasteiger partial charge < -0.3 is 9.67 Å². The molecule has 7 heteroatoms. The monoisotopic (exact) mass is 315 g/mol. The second-order valence-corrected chi connectivity index (χ2v) is 6.00. The number of rotatable bonds is 5. The predicted molar refractivity (Wildman–Crippen MR) is 81.9 cm³/mol. The van der Waals surface area contributed by atoms with Crippen molar-refractivity contribution in [2.75, 3.05) is 0 Å². The molecular weight excluding hydrogens is 297 g/mol. The van der Waals surface area contributed by atoms with Crippen molar-refractivity contribution in [2.45, 2.75) is 31.5 Å². The minimum atomic E-state index is -1.35. The molecule has 0 aliphatic heterocycles. The lowest BCUT2D eigenvalue weighted by Gasteiger charge is -2.43. The van der Waals surface area contributed by atoms with Gasteiger partial charge in [-0.3, -0.25) is 0 Å². The number of benzene rings is 1. The number of hydrogen-bond acceptors (Lipinski definition) is 4. The van der Waals surface area contributed by atoms with Crippen LogP contribution < -0.4 is 0 Å². The zero-order valence-corrected chi connectivity index (χ0v) is 13.0. The molecule has 0 radical (unpaired) electrons. The first-order valence-electron chi connectivity index (χ1n) is 7.23. The molecule has 1 N–H and O–H groups in total. The molecule has 0 aliphatic rings. The van der Waals surface area contributed by atoms with Crippen LogP contribution in [0.3, 0.4) is 0 Å². The van der Waals surface area contributed by atoms with Crippen molar-refractivity contribution in [1.29, 1.82) is 0 Å². The fourth-order valence-electron chi connectivity index (χ4n) is 2.69. The first-order valence-corrected chi connectivity index (χ1v) is 7.23. The van der Waals surface area contributed by atoms with Gasteiger partial charge in [-0.05, 0) is 31.5 Å². The van der Waals surface area contributed by atoms with Gasteiger partial charge in [-0.2, -0.15) is 5.10 Å². The van der Waals surface area contributed by atoms with E-state index < -0.39 is 11.1 Å². The van der Waals surface area contributed by atoms with Crippen LogP contribution in [0.4, 0.5) is 4.39 Å². The zero-order chi connectivity index (χ0) is 16.5. The lowest BCUT2D eigenvalue weighted by molar-refractivity contribution is -0.0840. The largest absolute Gasteiger partial charge is 0.381 e. The van der Waals surface area contributed by atoms with Crippen molar-refractivity contribution in [1.82, 2.24) is 24.3 Å². The lowest BCUT2D eigenvalue weighted by Crippen LogP contribution is -2.52. The number of nitrogens with zero attached hydrogens (tertiary/aromatic N) is 5. The summed E-state index contributed by atoms with van der Waals surface area (Å²) in [7, 11) is 0. The number of aromatic nitrogens is 5. The Morgan fingerprint density at radius 2 is 1.87 bits per heavy atom. The van der Waals surface area contributed by atoms with Gasteiger partial charge in [0.25, 0.3) is 0 Å². The molecule has 1 atom stereocenters. The normalized spacial score (nSPS) is 14.6. The average Bonchev–Trinajstić information content (AvgIpc) is 3.21. The van der Waals surface area contributed by atoms with Crippen LogP contribution in [-0.2, 0) is 17.7 Å². The van der Waals surface area contributed by atoms with Gasteiger partial charge in [0, 0.05) is 12.4 Å². The SMILES string of the molecule is CC(C)(n1cncn1)C(O)(Cn1ccnc1)c1ccc(F)cc1. The Labute approximate surface area is 133 Å². The van der Waals surface area contributed by atoms with Crippen molar-refractivity contribution < 1.29 is 9.50 Å². The fraction of sp³-hybridized carbons (Fsp3) is 0.312. The molecule has 1 aromatic carbocycles. The maximum absolute atomic E-state index is 13.3. The highest BCUT2D eigenvalue weighted by Gasteiger charge is 2.47. The Morgan fingerprint density at radius 1 is 1.13 bits per heavy atom.